The summed E-state index contributed by atoms with van der Waals surface area (Å²) in [5.74, 6) is -0.777. The number of nitrogens with one attached hydrogen (secondary N) is 3. The van der Waals surface area contributed by atoms with E-state index < -0.39 is 12.1 Å². The number of aliphatic imine (C=N–C) groups is 1. The molecule has 3 aromatic rings. The summed E-state index contributed by atoms with van der Waals surface area (Å²) in [6, 6.07) is 20.4. The minimum atomic E-state index is -1.03. The number of hydrogen-bond acceptors (Lipinski definition) is 3. The van der Waals surface area contributed by atoms with E-state index in [1.807, 2.05) is 54.6 Å². The van der Waals surface area contributed by atoms with Gasteiger partial charge in [0.1, 0.15) is 5.69 Å². The molecule has 0 fully saturated rings. The Hall–Kier alpha value is -3.67. The molecule has 1 aliphatic rings. The summed E-state index contributed by atoms with van der Waals surface area (Å²) in [7, 11) is 0. The van der Waals surface area contributed by atoms with Gasteiger partial charge < -0.3 is 15.6 Å². The first-order valence-electron chi connectivity index (χ1n) is 8.20. The molecule has 128 valence electrons. The lowest BCUT2D eigenvalue weighted by molar-refractivity contribution is -0.117. The van der Waals surface area contributed by atoms with Crippen LogP contribution in [0.1, 0.15) is 21.6 Å². The molecule has 0 saturated heterocycles. The minimum absolute atomic E-state index is 0.371. The van der Waals surface area contributed by atoms with Crippen molar-refractivity contribution < 1.29 is 9.59 Å². The highest BCUT2D eigenvalue weighted by Crippen LogP contribution is 2.23. The van der Waals surface area contributed by atoms with Crippen molar-refractivity contribution in [2.24, 2.45) is 4.99 Å². The summed E-state index contributed by atoms with van der Waals surface area (Å²) in [4.78, 5) is 32.4. The van der Waals surface area contributed by atoms with E-state index in [-0.39, 0.29) is 5.91 Å². The number of benzodiazepines with no additional fused rings is 1. The molecule has 6 heteroatoms. The highest BCUT2D eigenvalue weighted by atomic mass is 16.3. The molecule has 0 spiro atoms. The number of hydrogen-bond donors (Lipinski definition) is 3. The zero-order valence-corrected chi connectivity index (χ0v) is 13.8. The lowest BCUT2D eigenvalue weighted by Crippen LogP contribution is -2.42. The predicted molar refractivity (Wildman–Crippen MR) is 99.2 cm³/mol. The molecular weight excluding hydrogens is 330 g/mol. The van der Waals surface area contributed by atoms with Gasteiger partial charge in [-0.25, -0.2) is 4.99 Å². The molecule has 26 heavy (non-hydrogen) atoms. The monoisotopic (exact) mass is 346 g/mol. The molecule has 0 aliphatic carbocycles. The molecule has 1 unspecified atom stereocenters. The summed E-state index contributed by atoms with van der Waals surface area (Å²) in [5, 5.41) is 5.52. The molecule has 2 amide bonds. The van der Waals surface area contributed by atoms with E-state index in [9.17, 15) is 9.59 Å². The van der Waals surface area contributed by atoms with Gasteiger partial charge in [-0.3, -0.25) is 9.59 Å². The SMILES string of the molecule is O=C1Nc2ccccc2C(c2ccccc2)=NC1N[14C](=O)c1ccc[nH]1. The summed E-state index contributed by atoms with van der Waals surface area (Å²) >= 11 is 0. The number of rotatable bonds is 3. The van der Waals surface area contributed by atoms with E-state index >= 15 is 0 Å². The Balaban J connectivity index is 1.76. The second-order valence-corrected chi connectivity index (χ2v) is 5.84. The molecule has 3 N–H and O–H groups in total. The van der Waals surface area contributed by atoms with Gasteiger partial charge in [-0.15, -0.1) is 0 Å². The standard InChI is InChI=1S/C20H16N4O2/c25-19(16-11-6-12-21-16)24-18-20(26)22-15-10-5-4-9-14(15)17(23-18)13-7-2-1-3-8-13/h1-12,18,21H,(H,22,26)(H,24,25)/i19+2. The number of nitrogens with zero attached hydrogens (tertiary/aromatic N) is 1. The Morgan fingerprint density at radius 2 is 1.73 bits per heavy atom. The summed E-state index contributed by atoms with van der Waals surface area (Å²) in [6.07, 6.45) is 0.616. The average molecular weight is 346 g/mol. The zero-order chi connectivity index (χ0) is 17.9. The van der Waals surface area contributed by atoms with Crippen LogP contribution in [0.4, 0.5) is 5.69 Å². The van der Waals surface area contributed by atoms with Gasteiger partial charge in [-0.05, 0) is 18.2 Å². The molecule has 2 aromatic carbocycles. The van der Waals surface area contributed by atoms with Crippen molar-refractivity contribution in [2.45, 2.75) is 6.17 Å². The van der Waals surface area contributed by atoms with Crippen LogP contribution in [0.25, 0.3) is 0 Å². The molecule has 1 aromatic heterocycles. The number of carbonyl (C=O) groups excluding carboxylic acids is 2. The van der Waals surface area contributed by atoms with E-state index in [1.54, 1.807) is 18.3 Å². The number of fused-ring (bicyclic) bond motifs is 1. The third-order valence-corrected chi connectivity index (χ3v) is 4.10. The van der Waals surface area contributed by atoms with Gasteiger partial charge in [0.15, 0.2) is 0 Å². The van der Waals surface area contributed by atoms with Crippen LogP contribution < -0.4 is 10.6 Å². The minimum Gasteiger partial charge on any atom is -0.357 e. The number of H-pyrrole nitrogens is 1. The van der Waals surface area contributed by atoms with E-state index in [2.05, 4.69) is 20.6 Å². The highest BCUT2D eigenvalue weighted by molar-refractivity contribution is 6.20. The first-order valence-corrected chi connectivity index (χ1v) is 8.20. The zero-order valence-electron chi connectivity index (χ0n) is 13.8. The fraction of sp³-hybridized carbons (Fsp3) is 0.0500. The quantitative estimate of drug-likeness (QED) is 0.681. The fourth-order valence-electron chi connectivity index (χ4n) is 2.85. The van der Waals surface area contributed by atoms with E-state index in [4.69, 9.17) is 0 Å². The van der Waals surface area contributed by atoms with Gasteiger partial charge in [0.25, 0.3) is 11.8 Å². The van der Waals surface area contributed by atoms with Crippen LogP contribution in [0.15, 0.2) is 77.9 Å². The lowest BCUT2D eigenvalue weighted by Gasteiger charge is -2.12. The maximum Gasteiger partial charge on any atom is 0.269 e. The maximum absolute atomic E-state index is 12.6. The summed E-state index contributed by atoms with van der Waals surface area (Å²) in [5.41, 5.74) is 3.36. The van der Waals surface area contributed by atoms with Crippen molar-refractivity contribution in [2.75, 3.05) is 5.32 Å². The van der Waals surface area contributed by atoms with E-state index in [0.717, 1.165) is 11.1 Å². The first kappa shape index (κ1) is 15.8. The van der Waals surface area contributed by atoms with Crippen molar-refractivity contribution in [3.8, 4) is 0 Å². The number of benzene rings is 2. The smallest absolute Gasteiger partial charge is 0.269 e. The van der Waals surface area contributed by atoms with Crippen LogP contribution in [0, 0.1) is 0 Å². The second-order valence-electron chi connectivity index (χ2n) is 5.84. The van der Waals surface area contributed by atoms with E-state index in [0.29, 0.717) is 17.1 Å². The first-order chi connectivity index (χ1) is 12.7. The van der Waals surface area contributed by atoms with Crippen molar-refractivity contribution in [3.05, 3.63) is 89.7 Å². The Morgan fingerprint density at radius 3 is 2.50 bits per heavy atom. The van der Waals surface area contributed by atoms with Crippen molar-refractivity contribution in [1.82, 2.24) is 10.3 Å². The van der Waals surface area contributed by atoms with Gasteiger partial charge in [0.05, 0.1) is 11.4 Å². The van der Waals surface area contributed by atoms with Crippen LogP contribution in [0.2, 0.25) is 0 Å². The number of aromatic nitrogens is 1. The second kappa shape index (κ2) is 6.68. The molecule has 4 rings (SSSR count). The van der Waals surface area contributed by atoms with Crippen molar-refractivity contribution in [3.63, 3.8) is 0 Å². The van der Waals surface area contributed by atoms with Crippen molar-refractivity contribution in [1.29, 1.82) is 0 Å². The number of aromatic amines is 1. The Kier molecular flexibility index (Phi) is 4.07. The fourth-order valence-corrected chi connectivity index (χ4v) is 2.85. The average Bonchev–Trinajstić information content (AvgIpc) is 3.17. The Morgan fingerprint density at radius 1 is 0.962 bits per heavy atom. The molecule has 1 aliphatic heterocycles. The van der Waals surface area contributed by atoms with Crippen LogP contribution in [-0.4, -0.2) is 28.7 Å². The molecule has 0 radical (unpaired) electrons. The molecular formula is C20H16N4O2. The van der Waals surface area contributed by atoms with Gasteiger partial charge in [-0.2, -0.15) is 0 Å². The molecule has 6 nitrogen and oxygen atoms in total. The summed E-state index contributed by atoms with van der Waals surface area (Å²) < 4.78 is 0. The normalized spacial score (nSPS) is 16.1. The highest BCUT2D eigenvalue weighted by Gasteiger charge is 2.27. The Labute approximate surface area is 150 Å². The van der Waals surface area contributed by atoms with Crippen LogP contribution in [-0.2, 0) is 4.79 Å². The topological polar surface area (TPSA) is 86.3 Å². The number of amides is 2. The number of anilines is 1. The number of para-hydroxylation sites is 1. The maximum atomic E-state index is 12.6. The van der Waals surface area contributed by atoms with Crippen LogP contribution in [0.3, 0.4) is 0 Å². The number of carbonyl (C=O) groups is 2. The lowest BCUT2D eigenvalue weighted by atomic mass is 10.0. The van der Waals surface area contributed by atoms with Crippen LogP contribution in [0.5, 0.6) is 0 Å². The van der Waals surface area contributed by atoms with Gasteiger partial charge >= 0.3 is 0 Å². The Bertz CT molecular complexity index is 978. The third-order valence-electron chi connectivity index (χ3n) is 4.10. The van der Waals surface area contributed by atoms with Gasteiger partial charge in [-0.1, -0.05) is 48.5 Å². The van der Waals surface area contributed by atoms with Gasteiger partial charge in [0, 0.05) is 17.3 Å². The van der Waals surface area contributed by atoms with E-state index in [1.165, 1.54) is 0 Å². The van der Waals surface area contributed by atoms with Crippen molar-refractivity contribution >= 4 is 23.2 Å². The molecule has 1 atom stereocenters. The molecule has 2 heterocycles. The summed E-state index contributed by atoms with van der Waals surface area (Å²) in [6.45, 7) is 0. The van der Waals surface area contributed by atoms with Crippen LogP contribution >= 0.6 is 0 Å². The molecule has 0 bridgehead atoms. The molecule has 0 saturated carbocycles. The largest absolute Gasteiger partial charge is 0.357 e. The van der Waals surface area contributed by atoms with Gasteiger partial charge in [0.2, 0.25) is 6.17 Å². The third kappa shape index (κ3) is 3.00. The predicted octanol–water partition coefficient (Wildman–Crippen LogP) is 2.56.